The summed E-state index contributed by atoms with van der Waals surface area (Å²) in [6.07, 6.45) is 0. The van der Waals surface area contributed by atoms with Crippen LogP contribution in [0.5, 0.6) is 5.75 Å². The number of benzene rings is 2. The molecule has 0 unspecified atom stereocenters. The van der Waals surface area contributed by atoms with Crippen molar-refractivity contribution in [3.8, 4) is 5.75 Å². The number of rotatable bonds is 6. The molecule has 2 N–H and O–H groups in total. The van der Waals surface area contributed by atoms with Crippen LogP contribution in [0.1, 0.15) is 16.7 Å². The van der Waals surface area contributed by atoms with Crippen LogP contribution in [-0.4, -0.2) is 38.8 Å². The molecule has 1 aromatic heterocycles. The summed E-state index contributed by atoms with van der Waals surface area (Å²) < 4.78 is 16.5. The lowest BCUT2D eigenvalue weighted by molar-refractivity contribution is -0.921. The first-order valence-electron chi connectivity index (χ1n) is 10.5. The van der Waals surface area contributed by atoms with Crippen LogP contribution in [0.3, 0.4) is 0 Å². The number of amides is 1. The van der Waals surface area contributed by atoms with Gasteiger partial charge in [0.1, 0.15) is 31.0 Å². The van der Waals surface area contributed by atoms with Crippen molar-refractivity contribution >= 4 is 22.6 Å². The number of carbonyl (C=O) groups is 1. The second kappa shape index (κ2) is 9.32. The zero-order valence-corrected chi connectivity index (χ0v) is 17.8. The Morgan fingerprint density at radius 2 is 1.84 bits per heavy atom. The van der Waals surface area contributed by atoms with Crippen LogP contribution in [-0.2, 0) is 16.1 Å². The molecule has 0 aliphatic carbocycles. The Morgan fingerprint density at radius 3 is 2.58 bits per heavy atom. The van der Waals surface area contributed by atoms with Gasteiger partial charge in [0.25, 0.3) is 5.91 Å². The second-order valence-electron chi connectivity index (χ2n) is 7.96. The summed E-state index contributed by atoms with van der Waals surface area (Å²) in [5.41, 5.74) is 3.64. The van der Waals surface area contributed by atoms with E-state index in [0.29, 0.717) is 16.7 Å². The molecule has 31 heavy (non-hydrogen) atoms. The van der Waals surface area contributed by atoms with Gasteiger partial charge in [0.05, 0.1) is 18.6 Å². The van der Waals surface area contributed by atoms with Crippen molar-refractivity contribution in [3.05, 3.63) is 69.6 Å². The van der Waals surface area contributed by atoms with E-state index in [1.807, 2.05) is 44.2 Å². The highest BCUT2D eigenvalue weighted by atomic mass is 16.5. The van der Waals surface area contributed by atoms with Crippen molar-refractivity contribution in [2.24, 2.45) is 0 Å². The number of aryl methyl sites for hydroxylation is 2. The van der Waals surface area contributed by atoms with Gasteiger partial charge in [0.2, 0.25) is 0 Å². The number of fused-ring (bicyclic) bond motifs is 1. The highest BCUT2D eigenvalue weighted by Crippen LogP contribution is 2.29. The van der Waals surface area contributed by atoms with Crippen LogP contribution in [0.15, 0.2) is 51.7 Å². The number of hydrogen-bond acceptors (Lipinski definition) is 5. The minimum absolute atomic E-state index is 0.142. The maximum absolute atomic E-state index is 12.4. The lowest BCUT2D eigenvalue weighted by Crippen LogP contribution is -3.12. The summed E-state index contributed by atoms with van der Waals surface area (Å²) in [5, 5.41) is 3.57. The molecular formula is C24H27N2O5+. The van der Waals surface area contributed by atoms with Gasteiger partial charge in [-0.15, -0.1) is 0 Å². The zero-order valence-electron chi connectivity index (χ0n) is 17.8. The molecule has 3 aromatic rings. The van der Waals surface area contributed by atoms with Gasteiger partial charge < -0.3 is 24.1 Å². The summed E-state index contributed by atoms with van der Waals surface area (Å²) in [7, 11) is 0. The van der Waals surface area contributed by atoms with Gasteiger partial charge in [-0.3, -0.25) is 4.79 Å². The molecule has 1 aliphatic rings. The van der Waals surface area contributed by atoms with E-state index < -0.39 is 5.63 Å². The van der Waals surface area contributed by atoms with Crippen molar-refractivity contribution < 1.29 is 23.6 Å². The molecule has 7 nitrogen and oxygen atoms in total. The fraction of sp³-hybridized carbons (Fsp3) is 0.333. The molecular weight excluding hydrogens is 396 g/mol. The van der Waals surface area contributed by atoms with Crippen molar-refractivity contribution in [3.63, 3.8) is 0 Å². The van der Waals surface area contributed by atoms with Crippen LogP contribution >= 0.6 is 0 Å². The first-order valence-corrected chi connectivity index (χ1v) is 10.5. The summed E-state index contributed by atoms with van der Waals surface area (Å²) in [6.45, 7) is 8.18. The summed E-state index contributed by atoms with van der Waals surface area (Å²) in [6, 6.07) is 13.0. The molecule has 1 aliphatic heterocycles. The summed E-state index contributed by atoms with van der Waals surface area (Å²) in [4.78, 5) is 25.6. The van der Waals surface area contributed by atoms with Gasteiger partial charge in [-0.05, 0) is 49.2 Å². The molecule has 7 heteroatoms. The Labute approximate surface area is 180 Å². The topological polar surface area (TPSA) is 82.2 Å². The third-order valence-corrected chi connectivity index (χ3v) is 5.40. The van der Waals surface area contributed by atoms with Gasteiger partial charge in [0.15, 0.2) is 6.61 Å². The minimum atomic E-state index is -0.405. The number of morpholine rings is 1. The lowest BCUT2D eigenvalue weighted by Gasteiger charge is -2.23. The number of quaternary nitrogens is 1. The van der Waals surface area contributed by atoms with Crippen molar-refractivity contribution in [2.75, 3.05) is 38.2 Å². The van der Waals surface area contributed by atoms with E-state index in [9.17, 15) is 9.59 Å². The Bertz CT molecular complexity index is 1130. The predicted octanol–water partition coefficient (Wildman–Crippen LogP) is 1.84. The number of anilines is 1. The van der Waals surface area contributed by atoms with E-state index in [0.717, 1.165) is 49.7 Å². The first-order chi connectivity index (χ1) is 15.0. The number of nitrogens with one attached hydrogen (secondary N) is 2. The highest BCUT2D eigenvalue weighted by Gasteiger charge is 2.15. The second-order valence-corrected chi connectivity index (χ2v) is 7.96. The van der Waals surface area contributed by atoms with E-state index >= 15 is 0 Å². The molecule has 1 amide bonds. The molecule has 0 bridgehead atoms. The summed E-state index contributed by atoms with van der Waals surface area (Å²) >= 11 is 0. The Kier molecular flexibility index (Phi) is 6.34. The molecule has 1 fully saturated rings. The number of hydrogen-bond donors (Lipinski definition) is 2. The van der Waals surface area contributed by atoms with Gasteiger partial charge in [0, 0.05) is 17.3 Å². The normalized spacial score (nSPS) is 14.5. The van der Waals surface area contributed by atoms with Crippen LogP contribution in [0.2, 0.25) is 0 Å². The van der Waals surface area contributed by atoms with Gasteiger partial charge >= 0.3 is 5.63 Å². The minimum Gasteiger partial charge on any atom is -0.483 e. The van der Waals surface area contributed by atoms with Crippen molar-refractivity contribution in [1.29, 1.82) is 0 Å². The van der Waals surface area contributed by atoms with Gasteiger partial charge in [-0.25, -0.2) is 4.79 Å². The molecule has 2 aromatic carbocycles. The number of ether oxygens (including phenoxy) is 2. The lowest BCUT2D eigenvalue weighted by atomic mass is 10.1. The third kappa shape index (κ3) is 5.31. The Balaban J connectivity index is 1.38. The summed E-state index contributed by atoms with van der Waals surface area (Å²) in [5.74, 6) is 0.270. The van der Waals surface area contributed by atoms with E-state index in [1.54, 1.807) is 6.07 Å². The monoisotopic (exact) mass is 423 g/mol. The molecule has 0 atom stereocenters. The van der Waals surface area contributed by atoms with E-state index in [4.69, 9.17) is 13.9 Å². The highest BCUT2D eigenvalue weighted by molar-refractivity contribution is 5.92. The maximum atomic E-state index is 12.4. The first kappa shape index (κ1) is 21.1. The fourth-order valence-corrected chi connectivity index (χ4v) is 3.86. The molecule has 0 spiro atoms. The zero-order chi connectivity index (χ0) is 21.8. The van der Waals surface area contributed by atoms with E-state index in [-0.39, 0.29) is 12.5 Å². The number of carbonyl (C=O) groups excluding carboxylic acids is 1. The van der Waals surface area contributed by atoms with Crippen LogP contribution in [0.4, 0.5) is 5.69 Å². The van der Waals surface area contributed by atoms with E-state index in [2.05, 4.69) is 5.32 Å². The van der Waals surface area contributed by atoms with E-state index in [1.165, 1.54) is 16.5 Å². The predicted molar refractivity (Wildman–Crippen MR) is 118 cm³/mol. The third-order valence-electron chi connectivity index (χ3n) is 5.40. The van der Waals surface area contributed by atoms with Crippen LogP contribution in [0.25, 0.3) is 11.0 Å². The quantitative estimate of drug-likeness (QED) is 0.592. The molecule has 162 valence electrons. The average Bonchev–Trinajstić information content (AvgIpc) is 2.73. The SMILES string of the molecule is Cc1cc(OCC(=O)Nc2ccc(C[NH+]3CCOCC3)cc2)c2c(C)cc(=O)oc2c1. The largest absolute Gasteiger partial charge is 0.483 e. The molecule has 0 radical (unpaired) electrons. The molecule has 4 rings (SSSR count). The molecule has 2 heterocycles. The van der Waals surface area contributed by atoms with Gasteiger partial charge in [-0.2, -0.15) is 0 Å². The van der Waals surface area contributed by atoms with Crippen molar-refractivity contribution in [2.45, 2.75) is 20.4 Å². The van der Waals surface area contributed by atoms with Crippen LogP contribution in [0, 0.1) is 13.8 Å². The molecule has 1 saturated heterocycles. The van der Waals surface area contributed by atoms with Crippen molar-refractivity contribution in [1.82, 2.24) is 0 Å². The fourth-order valence-electron chi connectivity index (χ4n) is 3.86. The standard InChI is InChI=1S/C24H26N2O5/c1-16-11-20(24-17(2)13-23(28)31-21(24)12-16)30-15-22(27)25-19-5-3-18(4-6-19)14-26-7-9-29-10-8-26/h3-6,11-13H,7-10,14-15H2,1-2H3,(H,25,27)/p+1. The molecule has 0 saturated carbocycles. The smallest absolute Gasteiger partial charge is 0.336 e. The van der Waals surface area contributed by atoms with Gasteiger partial charge in [-0.1, -0.05) is 12.1 Å². The average molecular weight is 423 g/mol. The van der Waals surface area contributed by atoms with Crippen LogP contribution < -0.4 is 20.6 Å². The Hall–Kier alpha value is -3.16. The maximum Gasteiger partial charge on any atom is 0.336 e. The Morgan fingerprint density at radius 1 is 1.10 bits per heavy atom.